The van der Waals surface area contributed by atoms with Crippen LogP contribution in [0.15, 0.2) is 6.20 Å². The van der Waals surface area contributed by atoms with Crippen molar-refractivity contribution < 1.29 is 13.3 Å². The number of hydrogen-bond acceptors (Lipinski definition) is 7. The van der Waals surface area contributed by atoms with E-state index in [0.717, 1.165) is 0 Å². The number of rotatable bonds is 6. The third-order valence-electron chi connectivity index (χ3n) is 2.54. The average Bonchev–Trinajstić information content (AvgIpc) is 2.33. The molecule has 2 aromatic rings. The van der Waals surface area contributed by atoms with Crippen LogP contribution in [0.4, 0.5) is 0 Å². The minimum absolute atomic E-state index is 0.299. The molecule has 2 aromatic heterocycles. The third kappa shape index (κ3) is 6.36. The first-order valence-electron chi connectivity index (χ1n) is 8.34. The summed E-state index contributed by atoms with van der Waals surface area (Å²) in [6.07, 6.45) is 1.60. The van der Waals surface area contributed by atoms with Crippen molar-refractivity contribution in [3.8, 4) is 17.8 Å². The molecule has 0 radical (unpaired) electrons. The summed E-state index contributed by atoms with van der Waals surface area (Å²) in [6.45, 7) is 18.8. The monoisotopic (exact) mass is 396 g/mol. The SMILES string of the molecule is C[Si](C)(C)Oc1cnc2nc(O[Si](C)(C)C)nc(O[Si](C)(C)C)c2n1. The number of fused-ring (bicyclic) bond motifs is 1. The van der Waals surface area contributed by atoms with Crippen LogP contribution >= 0.6 is 0 Å². The highest BCUT2D eigenvalue weighted by Crippen LogP contribution is 2.27. The number of hydrogen-bond donors (Lipinski definition) is 0. The van der Waals surface area contributed by atoms with Gasteiger partial charge in [-0.2, -0.15) is 9.97 Å². The molecule has 138 valence electrons. The fourth-order valence-corrected chi connectivity index (χ4v) is 3.98. The van der Waals surface area contributed by atoms with Crippen molar-refractivity contribution in [3.05, 3.63) is 6.20 Å². The maximum atomic E-state index is 6.13. The Morgan fingerprint density at radius 1 is 0.680 bits per heavy atom. The first kappa shape index (κ1) is 19.8. The molecule has 0 spiro atoms. The van der Waals surface area contributed by atoms with Gasteiger partial charge in [-0.15, -0.1) is 0 Å². The second kappa shape index (κ2) is 6.65. The second-order valence-electron chi connectivity index (χ2n) is 8.84. The standard InChI is InChI=1S/C15H28N4O3Si3/c1-23(2,3)20-11-10-16-13-12(17-11)14(21-24(4,5)6)19-15(18-13)22-25(7,8)9/h10H,1-9H3. The lowest BCUT2D eigenvalue weighted by atomic mass is 10.5. The largest absolute Gasteiger partial charge is 0.530 e. The number of nitrogens with zero attached hydrogens (tertiary/aromatic N) is 4. The normalized spacial score (nSPS) is 13.0. The zero-order chi connectivity index (χ0) is 19.0. The van der Waals surface area contributed by atoms with Gasteiger partial charge in [0, 0.05) is 0 Å². The fourth-order valence-electron chi connectivity index (χ4n) is 1.89. The maximum Gasteiger partial charge on any atom is 0.308 e. The summed E-state index contributed by atoms with van der Waals surface area (Å²) in [5.41, 5.74) is 0.973. The van der Waals surface area contributed by atoms with Crippen molar-refractivity contribution in [1.29, 1.82) is 0 Å². The molecule has 0 amide bonds. The first-order valence-corrected chi connectivity index (χ1v) is 18.6. The molecule has 0 fully saturated rings. The molecule has 0 saturated carbocycles. The van der Waals surface area contributed by atoms with E-state index in [0.29, 0.717) is 28.9 Å². The summed E-state index contributed by atoms with van der Waals surface area (Å²) in [4.78, 5) is 17.8. The van der Waals surface area contributed by atoms with Gasteiger partial charge in [-0.05, 0) is 58.9 Å². The van der Waals surface area contributed by atoms with Crippen LogP contribution in [-0.4, -0.2) is 44.9 Å². The number of aromatic nitrogens is 4. The van der Waals surface area contributed by atoms with Crippen LogP contribution in [0, 0.1) is 0 Å². The smallest absolute Gasteiger partial charge is 0.308 e. The summed E-state index contributed by atoms with van der Waals surface area (Å²) in [5, 5.41) is 0. The minimum atomic E-state index is -1.90. The van der Waals surface area contributed by atoms with Crippen LogP contribution in [0.2, 0.25) is 58.9 Å². The zero-order valence-electron chi connectivity index (χ0n) is 16.6. The van der Waals surface area contributed by atoms with Crippen molar-refractivity contribution >= 4 is 36.1 Å². The Morgan fingerprint density at radius 3 is 1.76 bits per heavy atom. The second-order valence-corrected chi connectivity index (χ2v) is 22.1. The highest BCUT2D eigenvalue weighted by molar-refractivity contribution is 6.71. The van der Waals surface area contributed by atoms with Crippen molar-refractivity contribution in [1.82, 2.24) is 19.9 Å². The molecule has 0 atom stereocenters. The van der Waals surface area contributed by atoms with Crippen LogP contribution in [0.3, 0.4) is 0 Å². The molecule has 10 heteroatoms. The van der Waals surface area contributed by atoms with Crippen LogP contribution in [-0.2, 0) is 0 Å². The van der Waals surface area contributed by atoms with Crippen molar-refractivity contribution in [2.45, 2.75) is 58.9 Å². The summed E-state index contributed by atoms with van der Waals surface area (Å²) in [6, 6.07) is 0.299. The molecule has 0 aliphatic heterocycles. The lowest BCUT2D eigenvalue weighted by Gasteiger charge is -2.22. The van der Waals surface area contributed by atoms with E-state index in [-0.39, 0.29) is 0 Å². The molecule has 7 nitrogen and oxygen atoms in total. The van der Waals surface area contributed by atoms with Gasteiger partial charge in [0.15, 0.2) is 11.2 Å². The van der Waals surface area contributed by atoms with Crippen LogP contribution in [0.25, 0.3) is 11.2 Å². The van der Waals surface area contributed by atoms with Gasteiger partial charge in [0.2, 0.25) is 36.7 Å². The maximum absolute atomic E-state index is 6.13. The Bertz CT molecular complexity index is 767. The Labute approximate surface area is 152 Å². The van der Waals surface area contributed by atoms with Crippen molar-refractivity contribution in [2.24, 2.45) is 0 Å². The zero-order valence-corrected chi connectivity index (χ0v) is 19.6. The quantitative estimate of drug-likeness (QED) is 0.681. The van der Waals surface area contributed by atoms with Gasteiger partial charge in [-0.25, -0.2) is 9.97 Å². The summed E-state index contributed by atoms with van der Waals surface area (Å²) >= 11 is 0. The molecule has 0 aromatic carbocycles. The molecule has 2 rings (SSSR count). The van der Waals surface area contributed by atoms with Gasteiger partial charge < -0.3 is 13.3 Å². The predicted octanol–water partition coefficient (Wildman–Crippen LogP) is 4.06. The molecule has 0 N–H and O–H groups in total. The van der Waals surface area contributed by atoms with Gasteiger partial charge in [0.25, 0.3) is 0 Å². The van der Waals surface area contributed by atoms with E-state index in [1.165, 1.54) is 0 Å². The molecule has 0 saturated heterocycles. The highest BCUT2D eigenvalue weighted by atomic mass is 28.4. The average molecular weight is 397 g/mol. The van der Waals surface area contributed by atoms with Gasteiger partial charge in [0.05, 0.1) is 6.20 Å². The van der Waals surface area contributed by atoms with E-state index in [2.05, 4.69) is 78.9 Å². The van der Waals surface area contributed by atoms with E-state index in [1.807, 2.05) is 0 Å². The predicted molar refractivity (Wildman–Crippen MR) is 107 cm³/mol. The van der Waals surface area contributed by atoms with E-state index in [9.17, 15) is 0 Å². The molecule has 0 aliphatic carbocycles. The third-order valence-corrected chi connectivity index (χ3v) is 4.97. The highest BCUT2D eigenvalue weighted by Gasteiger charge is 2.25. The Hall–Kier alpha value is -1.53. The van der Waals surface area contributed by atoms with Crippen molar-refractivity contribution in [3.63, 3.8) is 0 Å². The Morgan fingerprint density at radius 2 is 1.24 bits per heavy atom. The molecular formula is C15H28N4O3Si3. The van der Waals surface area contributed by atoms with Crippen LogP contribution in [0.1, 0.15) is 0 Å². The molecule has 0 unspecified atom stereocenters. The van der Waals surface area contributed by atoms with Gasteiger partial charge in [-0.1, -0.05) is 0 Å². The summed E-state index contributed by atoms with van der Waals surface area (Å²) < 4.78 is 18.0. The van der Waals surface area contributed by atoms with E-state index in [1.54, 1.807) is 6.20 Å². The molecule has 25 heavy (non-hydrogen) atoms. The first-order chi connectivity index (χ1) is 11.2. The molecule has 2 heterocycles. The summed E-state index contributed by atoms with van der Waals surface area (Å²) in [7, 11) is -5.53. The van der Waals surface area contributed by atoms with E-state index in [4.69, 9.17) is 13.3 Å². The molecule has 0 bridgehead atoms. The topological polar surface area (TPSA) is 79.3 Å². The van der Waals surface area contributed by atoms with Crippen molar-refractivity contribution in [2.75, 3.05) is 0 Å². The molecular weight excluding hydrogens is 368 g/mol. The Balaban J connectivity index is 2.56. The Kier molecular flexibility index (Phi) is 5.26. The van der Waals surface area contributed by atoms with E-state index >= 15 is 0 Å². The van der Waals surface area contributed by atoms with Crippen LogP contribution < -0.4 is 13.3 Å². The summed E-state index contributed by atoms with van der Waals surface area (Å²) in [5.74, 6) is 0.903. The van der Waals surface area contributed by atoms with Gasteiger partial charge in [-0.3, -0.25) is 0 Å². The minimum Gasteiger partial charge on any atom is -0.530 e. The van der Waals surface area contributed by atoms with Gasteiger partial charge >= 0.3 is 6.01 Å². The lowest BCUT2D eigenvalue weighted by Crippen LogP contribution is -2.32. The van der Waals surface area contributed by atoms with Gasteiger partial charge in [0.1, 0.15) is 0 Å². The van der Waals surface area contributed by atoms with Crippen LogP contribution in [0.5, 0.6) is 17.8 Å². The fraction of sp³-hybridized carbons (Fsp3) is 0.600. The molecule has 0 aliphatic rings. The lowest BCUT2D eigenvalue weighted by molar-refractivity contribution is 0.478. The van der Waals surface area contributed by atoms with E-state index < -0.39 is 25.0 Å².